The quantitative estimate of drug-likeness (QED) is 0.875. The lowest BCUT2D eigenvalue weighted by molar-refractivity contribution is 0.0475. The van der Waals surface area contributed by atoms with Gasteiger partial charge < -0.3 is 14.9 Å². The van der Waals surface area contributed by atoms with Crippen molar-refractivity contribution in [1.29, 1.82) is 0 Å². The van der Waals surface area contributed by atoms with E-state index >= 15 is 0 Å². The summed E-state index contributed by atoms with van der Waals surface area (Å²) < 4.78 is 5.15. The lowest BCUT2D eigenvalue weighted by Crippen LogP contribution is -2.36. The number of phenolic OH excluding ortho intramolecular Hbond substituents is 1. The lowest BCUT2D eigenvalue weighted by Gasteiger charge is -2.34. The second kappa shape index (κ2) is 7.06. The zero-order chi connectivity index (χ0) is 18.0. The molecule has 0 bridgehead atoms. The molecule has 1 fully saturated rings. The maximum absolute atomic E-state index is 10.5. The van der Waals surface area contributed by atoms with E-state index in [0.717, 1.165) is 25.2 Å². The normalized spacial score (nSPS) is 25.0. The van der Waals surface area contributed by atoms with E-state index in [1.165, 1.54) is 5.56 Å². The molecule has 1 saturated heterocycles. The molecule has 0 aromatic heterocycles. The zero-order valence-electron chi connectivity index (χ0n) is 15.1. The topological polar surface area (TPSA) is 52.9 Å². The fourth-order valence-electron chi connectivity index (χ4n) is 3.92. The number of hydrogen-bond acceptors (Lipinski definition) is 4. The van der Waals surface area contributed by atoms with Gasteiger partial charge in [0.15, 0.2) is 11.5 Å². The van der Waals surface area contributed by atoms with Gasteiger partial charge in [-0.1, -0.05) is 43.3 Å². The van der Waals surface area contributed by atoms with Gasteiger partial charge >= 0.3 is 0 Å². The Balaban J connectivity index is 1.87. The number of phenols is 1. The highest BCUT2D eigenvalue weighted by Crippen LogP contribution is 2.46. The largest absolute Gasteiger partial charge is 0.504 e. The Morgan fingerprint density at radius 3 is 2.56 bits per heavy atom. The van der Waals surface area contributed by atoms with Crippen LogP contribution in [0.15, 0.2) is 48.5 Å². The molecule has 0 spiro atoms. The number of hydrogen-bond donors (Lipinski definition) is 2. The molecule has 1 aliphatic rings. The first kappa shape index (κ1) is 17.8. The van der Waals surface area contributed by atoms with Crippen molar-refractivity contribution in [3.05, 3.63) is 59.7 Å². The van der Waals surface area contributed by atoms with E-state index in [1.807, 2.05) is 19.1 Å². The van der Waals surface area contributed by atoms with Gasteiger partial charge in [0.25, 0.3) is 0 Å². The SMILES string of the molecule is COc1ccc(C2CN(Cc3ccccc3)C[C@@]2(C)C(C)O)cc1O. The van der Waals surface area contributed by atoms with Crippen LogP contribution in [0, 0.1) is 5.41 Å². The van der Waals surface area contributed by atoms with Crippen molar-refractivity contribution in [3.8, 4) is 11.5 Å². The summed E-state index contributed by atoms with van der Waals surface area (Å²) in [5.41, 5.74) is 2.04. The molecule has 3 rings (SSSR count). The number of nitrogens with zero attached hydrogens (tertiary/aromatic N) is 1. The van der Waals surface area contributed by atoms with Crippen LogP contribution >= 0.6 is 0 Å². The highest BCUT2D eigenvalue weighted by molar-refractivity contribution is 5.43. The molecule has 0 aliphatic carbocycles. The molecule has 2 unspecified atom stereocenters. The molecule has 2 aromatic carbocycles. The molecule has 2 aromatic rings. The van der Waals surface area contributed by atoms with Crippen molar-refractivity contribution in [2.24, 2.45) is 5.41 Å². The van der Waals surface area contributed by atoms with E-state index in [9.17, 15) is 10.2 Å². The summed E-state index contributed by atoms with van der Waals surface area (Å²) in [6.45, 7) is 6.53. The number of benzene rings is 2. The second-order valence-corrected chi connectivity index (χ2v) is 7.32. The van der Waals surface area contributed by atoms with Crippen LogP contribution in [0.1, 0.15) is 30.9 Å². The zero-order valence-corrected chi connectivity index (χ0v) is 15.1. The van der Waals surface area contributed by atoms with E-state index < -0.39 is 6.10 Å². The van der Waals surface area contributed by atoms with Gasteiger partial charge in [-0.2, -0.15) is 0 Å². The van der Waals surface area contributed by atoms with Gasteiger partial charge in [0, 0.05) is 31.0 Å². The lowest BCUT2D eigenvalue weighted by atomic mass is 9.72. The molecule has 2 N–H and O–H groups in total. The Labute approximate surface area is 149 Å². The van der Waals surface area contributed by atoms with Crippen LogP contribution in [-0.4, -0.2) is 41.4 Å². The number of likely N-dealkylation sites (tertiary alicyclic amines) is 1. The van der Waals surface area contributed by atoms with Gasteiger partial charge in [0.2, 0.25) is 0 Å². The van der Waals surface area contributed by atoms with Crippen LogP contribution in [0.5, 0.6) is 11.5 Å². The number of rotatable bonds is 5. The molecular formula is C21H27NO3. The van der Waals surface area contributed by atoms with E-state index in [1.54, 1.807) is 19.2 Å². The monoisotopic (exact) mass is 341 g/mol. The molecule has 0 saturated carbocycles. The van der Waals surface area contributed by atoms with Crippen molar-refractivity contribution < 1.29 is 14.9 Å². The van der Waals surface area contributed by atoms with Crippen LogP contribution in [0.25, 0.3) is 0 Å². The molecular weight excluding hydrogens is 314 g/mol. The van der Waals surface area contributed by atoms with Crippen LogP contribution in [0.2, 0.25) is 0 Å². The van der Waals surface area contributed by atoms with Crippen molar-refractivity contribution in [3.63, 3.8) is 0 Å². The molecule has 3 atom stereocenters. The minimum atomic E-state index is -0.442. The van der Waals surface area contributed by atoms with Crippen molar-refractivity contribution in [2.75, 3.05) is 20.2 Å². The second-order valence-electron chi connectivity index (χ2n) is 7.32. The average Bonchev–Trinajstić information content (AvgIpc) is 2.93. The number of ether oxygens (including phenoxy) is 1. The first-order valence-corrected chi connectivity index (χ1v) is 8.75. The standard InChI is InChI=1S/C21H27NO3/c1-15(23)21(2)14-22(12-16-7-5-4-6-8-16)13-18(21)17-9-10-20(25-3)19(24)11-17/h4-11,15,18,23-24H,12-14H2,1-3H3/t15?,18?,21-/m0/s1. The Bertz CT molecular complexity index is 716. The Hall–Kier alpha value is -2.04. The molecule has 0 amide bonds. The first-order chi connectivity index (χ1) is 11.9. The molecule has 1 aliphatic heterocycles. The third-order valence-electron chi connectivity index (χ3n) is 5.61. The summed E-state index contributed by atoms with van der Waals surface area (Å²) in [6.07, 6.45) is -0.442. The summed E-state index contributed by atoms with van der Waals surface area (Å²) >= 11 is 0. The van der Waals surface area contributed by atoms with Gasteiger partial charge in [-0.3, -0.25) is 4.90 Å². The number of aliphatic hydroxyl groups is 1. The van der Waals surface area contributed by atoms with Crippen molar-refractivity contribution in [1.82, 2.24) is 4.90 Å². The predicted molar refractivity (Wildman–Crippen MR) is 98.9 cm³/mol. The van der Waals surface area contributed by atoms with Crippen molar-refractivity contribution in [2.45, 2.75) is 32.4 Å². The van der Waals surface area contributed by atoms with E-state index in [0.29, 0.717) is 5.75 Å². The Kier molecular flexibility index (Phi) is 5.02. The van der Waals surface area contributed by atoms with Gasteiger partial charge in [0.05, 0.1) is 13.2 Å². The number of aromatic hydroxyl groups is 1. The summed E-state index contributed by atoms with van der Waals surface area (Å²) in [7, 11) is 1.55. The molecule has 4 heteroatoms. The van der Waals surface area contributed by atoms with Gasteiger partial charge in [-0.15, -0.1) is 0 Å². The summed E-state index contributed by atoms with van der Waals surface area (Å²) in [5, 5.41) is 20.6. The predicted octanol–water partition coefficient (Wildman–Crippen LogP) is 3.39. The number of methoxy groups -OCH3 is 1. The third-order valence-corrected chi connectivity index (χ3v) is 5.61. The summed E-state index contributed by atoms with van der Waals surface area (Å²) in [5.74, 6) is 0.768. The van der Waals surface area contributed by atoms with Gasteiger partial charge in [-0.25, -0.2) is 0 Å². The third kappa shape index (κ3) is 3.51. The summed E-state index contributed by atoms with van der Waals surface area (Å²) in [4.78, 5) is 2.38. The first-order valence-electron chi connectivity index (χ1n) is 8.75. The molecule has 25 heavy (non-hydrogen) atoms. The Morgan fingerprint density at radius 1 is 1.24 bits per heavy atom. The maximum Gasteiger partial charge on any atom is 0.160 e. The fraction of sp³-hybridized carbons (Fsp3) is 0.429. The molecule has 1 heterocycles. The van der Waals surface area contributed by atoms with E-state index in [4.69, 9.17) is 4.74 Å². The number of aliphatic hydroxyl groups excluding tert-OH is 1. The van der Waals surface area contributed by atoms with Crippen LogP contribution in [0.4, 0.5) is 0 Å². The van der Waals surface area contributed by atoms with E-state index in [-0.39, 0.29) is 17.1 Å². The molecule has 134 valence electrons. The fourth-order valence-corrected chi connectivity index (χ4v) is 3.92. The maximum atomic E-state index is 10.5. The minimum absolute atomic E-state index is 0.146. The molecule has 4 nitrogen and oxygen atoms in total. The van der Waals surface area contributed by atoms with Crippen LogP contribution in [-0.2, 0) is 6.54 Å². The Morgan fingerprint density at radius 2 is 1.96 bits per heavy atom. The minimum Gasteiger partial charge on any atom is -0.504 e. The van der Waals surface area contributed by atoms with E-state index in [2.05, 4.69) is 36.1 Å². The van der Waals surface area contributed by atoms with Gasteiger partial charge in [0.1, 0.15) is 0 Å². The summed E-state index contributed by atoms with van der Waals surface area (Å²) in [6, 6.07) is 16.0. The molecule has 0 radical (unpaired) electrons. The highest BCUT2D eigenvalue weighted by Gasteiger charge is 2.46. The van der Waals surface area contributed by atoms with Crippen molar-refractivity contribution >= 4 is 0 Å². The van der Waals surface area contributed by atoms with Crippen LogP contribution < -0.4 is 4.74 Å². The smallest absolute Gasteiger partial charge is 0.160 e. The average molecular weight is 341 g/mol. The van der Waals surface area contributed by atoms with Crippen LogP contribution in [0.3, 0.4) is 0 Å². The van der Waals surface area contributed by atoms with Gasteiger partial charge in [-0.05, 0) is 30.2 Å². The highest BCUT2D eigenvalue weighted by atomic mass is 16.5.